The van der Waals surface area contributed by atoms with E-state index in [1.165, 1.54) is 25.3 Å². The number of carbonyl (C=O) groups is 3. The third-order valence-corrected chi connectivity index (χ3v) is 3.69. The molecule has 1 aromatic rings. The molecule has 1 saturated heterocycles. The highest BCUT2D eigenvalue weighted by Crippen LogP contribution is 2.22. The molecule has 0 bridgehead atoms. The number of rotatable bonds is 3. The van der Waals surface area contributed by atoms with E-state index in [0.29, 0.717) is 5.02 Å². The molecule has 1 heterocycles. The van der Waals surface area contributed by atoms with E-state index in [1.807, 2.05) is 0 Å². The third kappa shape index (κ3) is 4.62. The van der Waals surface area contributed by atoms with Crippen molar-refractivity contribution >= 4 is 41.0 Å². The van der Waals surface area contributed by atoms with Gasteiger partial charge in [0.15, 0.2) is 0 Å². The molecule has 9 heteroatoms. The molecule has 1 aromatic carbocycles. The van der Waals surface area contributed by atoms with Crippen molar-refractivity contribution in [1.82, 2.24) is 10.6 Å². The van der Waals surface area contributed by atoms with E-state index in [9.17, 15) is 14.4 Å². The van der Waals surface area contributed by atoms with Crippen molar-refractivity contribution in [3.05, 3.63) is 45.6 Å². The number of carbonyl (C=O) groups excluding carboxylic acids is 3. The number of esters is 2. The molecule has 0 aliphatic carbocycles. The summed E-state index contributed by atoms with van der Waals surface area (Å²) in [5.74, 6) is -1.81. The van der Waals surface area contributed by atoms with Crippen molar-refractivity contribution in [2.45, 2.75) is 6.10 Å². The summed E-state index contributed by atoms with van der Waals surface area (Å²) in [4.78, 5) is 35.2. The van der Waals surface area contributed by atoms with Gasteiger partial charge in [-0.3, -0.25) is 4.79 Å². The molecule has 1 aliphatic heterocycles. The van der Waals surface area contributed by atoms with E-state index in [-0.39, 0.29) is 29.4 Å². The normalized spacial score (nSPS) is 19.0. The summed E-state index contributed by atoms with van der Waals surface area (Å²) < 4.78 is 9.79. The Balaban J connectivity index is 2.04. The molecule has 1 aliphatic rings. The van der Waals surface area contributed by atoms with Gasteiger partial charge >= 0.3 is 11.9 Å². The van der Waals surface area contributed by atoms with Crippen LogP contribution in [0.3, 0.4) is 0 Å². The second-order valence-electron chi connectivity index (χ2n) is 4.82. The first-order valence-corrected chi connectivity index (χ1v) is 7.64. The Labute approximate surface area is 147 Å². The van der Waals surface area contributed by atoms with Crippen LogP contribution in [0.25, 0.3) is 0 Å². The Bertz CT molecular complexity index is 705. The molecule has 0 unspecified atom stereocenters. The number of ether oxygens (including phenoxy) is 2. The summed E-state index contributed by atoms with van der Waals surface area (Å²) in [6.45, 7) is 0.222. The van der Waals surface area contributed by atoms with Crippen LogP contribution in [0.5, 0.6) is 0 Å². The Morgan fingerprint density at radius 1 is 1.25 bits per heavy atom. The second kappa shape index (κ2) is 8.03. The minimum atomic E-state index is -0.670. The molecule has 7 nitrogen and oxygen atoms in total. The van der Waals surface area contributed by atoms with Crippen LogP contribution in [0.1, 0.15) is 10.4 Å². The summed E-state index contributed by atoms with van der Waals surface area (Å²) >= 11 is 11.7. The molecule has 0 aromatic heterocycles. The van der Waals surface area contributed by atoms with Gasteiger partial charge in [-0.05, 0) is 18.2 Å². The molecule has 128 valence electrons. The summed E-state index contributed by atoms with van der Waals surface area (Å²) in [6.07, 6.45) is 0.382. The van der Waals surface area contributed by atoms with Gasteiger partial charge in [0.2, 0.25) is 0 Å². The molecule has 0 saturated carbocycles. The van der Waals surface area contributed by atoms with Gasteiger partial charge in [-0.15, -0.1) is 0 Å². The topological polar surface area (TPSA) is 93.7 Å². The van der Waals surface area contributed by atoms with Gasteiger partial charge < -0.3 is 20.1 Å². The smallest absolute Gasteiger partial charge is 0.340 e. The first-order valence-electron chi connectivity index (χ1n) is 6.88. The zero-order valence-electron chi connectivity index (χ0n) is 12.6. The Kier molecular flexibility index (Phi) is 6.05. The van der Waals surface area contributed by atoms with Gasteiger partial charge in [-0.1, -0.05) is 23.2 Å². The van der Waals surface area contributed by atoms with E-state index in [1.54, 1.807) is 0 Å². The number of nitrogens with one attached hydrogen (secondary N) is 2. The first kappa shape index (κ1) is 18.1. The summed E-state index contributed by atoms with van der Waals surface area (Å²) in [5, 5.41) is 5.86. The fourth-order valence-electron chi connectivity index (χ4n) is 1.92. The average molecular weight is 373 g/mol. The number of amides is 1. The number of benzene rings is 1. The maximum absolute atomic E-state index is 12.2. The minimum Gasteiger partial charge on any atom is -0.466 e. The fraction of sp³-hybridized carbons (Fsp3) is 0.267. The lowest BCUT2D eigenvalue weighted by Crippen LogP contribution is -2.34. The number of halogens is 2. The lowest BCUT2D eigenvalue weighted by molar-refractivity contribution is -0.135. The van der Waals surface area contributed by atoms with E-state index in [2.05, 4.69) is 15.4 Å². The number of methoxy groups -OCH3 is 1. The summed E-state index contributed by atoms with van der Waals surface area (Å²) in [5.41, 5.74) is 0.201. The fourth-order valence-corrected chi connectivity index (χ4v) is 2.41. The lowest BCUT2D eigenvalue weighted by atomic mass is 10.2. The van der Waals surface area contributed by atoms with Crippen LogP contribution in [0.2, 0.25) is 10.0 Å². The van der Waals surface area contributed by atoms with Crippen LogP contribution >= 0.6 is 23.2 Å². The standard InChI is InChI=1S/C15H14Cl2N2O5/c1-23-13(20)5-12-14(21)19-7-9(6-18-12)24-15(22)10-3-2-8(16)4-11(10)17/h2-5,9,18H,6-7H2,1H3,(H,19,21)/b12-5+/t9-/m1/s1. The first-order chi connectivity index (χ1) is 11.4. The molecule has 1 amide bonds. The molecule has 0 radical (unpaired) electrons. The molecule has 24 heavy (non-hydrogen) atoms. The van der Waals surface area contributed by atoms with Gasteiger partial charge in [-0.2, -0.15) is 0 Å². The average Bonchev–Trinajstić information content (AvgIpc) is 2.70. The van der Waals surface area contributed by atoms with E-state index in [0.717, 1.165) is 6.08 Å². The largest absolute Gasteiger partial charge is 0.466 e. The van der Waals surface area contributed by atoms with Crippen LogP contribution in [0.15, 0.2) is 30.0 Å². The van der Waals surface area contributed by atoms with Crippen LogP contribution in [0, 0.1) is 0 Å². The van der Waals surface area contributed by atoms with Crippen LogP contribution in [0.4, 0.5) is 0 Å². The predicted octanol–water partition coefficient (Wildman–Crippen LogP) is 1.30. The van der Waals surface area contributed by atoms with Crippen LogP contribution < -0.4 is 10.6 Å². The molecule has 2 N–H and O–H groups in total. The monoisotopic (exact) mass is 372 g/mol. The van der Waals surface area contributed by atoms with E-state index in [4.69, 9.17) is 27.9 Å². The van der Waals surface area contributed by atoms with E-state index < -0.39 is 23.9 Å². The van der Waals surface area contributed by atoms with E-state index >= 15 is 0 Å². The van der Waals surface area contributed by atoms with Crippen molar-refractivity contribution in [3.8, 4) is 0 Å². The molecule has 0 spiro atoms. The number of hydrogen-bond donors (Lipinski definition) is 2. The predicted molar refractivity (Wildman–Crippen MR) is 86.8 cm³/mol. The molecular weight excluding hydrogens is 359 g/mol. The molecule has 1 fully saturated rings. The van der Waals surface area contributed by atoms with Crippen LogP contribution in [-0.2, 0) is 19.1 Å². The van der Waals surface area contributed by atoms with Gasteiger partial charge in [0.1, 0.15) is 11.8 Å². The SMILES string of the molecule is COC(=O)/C=C1/NC[C@@H](OC(=O)c2ccc(Cl)cc2Cl)CNC1=O. The lowest BCUT2D eigenvalue weighted by Gasteiger charge is -2.16. The maximum Gasteiger partial charge on any atom is 0.340 e. The van der Waals surface area contributed by atoms with Crippen molar-refractivity contribution in [1.29, 1.82) is 0 Å². The highest BCUT2D eigenvalue weighted by Gasteiger charge is 2.24. The number of hydrogen-bond acceptors (Lipinski definition) is 6. The van der Waals surface area contributed by atoms with Gasteiger partial charge in [0, 0.05) is 5.02 Å². The van der Waals surface area contributed by atoms with Crippen molar-refractivity contribution in [3.63, 3.8) is 0 Å². The maximum atomic E-state index is 12.2. The molecule has 1 atom stereocenters. The van der Waals surface area contributed by atoms with Crippen molar-refractivity contribution in [2.24, 2.45) is 0 Å². The minimum absolute atomic E-state index is 0.0323. The Hall–Kier alpha value is -2.25. The third-order valence-electron chi connectivity index (χ3n) is 3.14. The summed E-state index contributed by atoms with van der Waals surface area (Å²) in [7, 11) is 1.20. The quantitative estimate of drug-likeness (QED) is 0.613. The molecule has 2 rings (SSSR count). The zero-order valence-corrected chi connectivity index (χ0v) is 14.1. The highest BCUT2D eigenvalue weighted by atomic mass is 35.5. The molecular formula is C15H14Cl2N2O5. The Morgan fingerprint density at radius 2 is 1.96 bits per heavy atom. The second-order valence-corrected chi connectivity index (χ2v) is 5.67. The van der Waals surface area contributed by atoms with Crippen molar-refractivity contribution in [2.75, 3.05) is 20.2 Å². The van der Waals surface area contributed by atoms with Gasteiger partial charge in [-0.25, -0.2) is 9.59 Å². The Morgan fingerprint density at radius 3 is 2.62 bits per heavy atom. The van der Waals surface area contributed by atoms with Crippen LogP contribution in [-0.4, -0.2) is 44.1 Å². The van der Waals surface area contributed by atoms with Gasteiger partial charge in [0.05, 0.1) is 36.9 Å². The summed E-state index contributed by atoms with van der Waals surface area (Å²) in [6, 6.07) is 4.41. The zero-order chi connectivity index (χ0) is 17.7. The van der Waals surface area contributed by atoms with Gasteiger partial charge in [0.25, 0.3) is 5.91 Å². The highest BCUT2D eigenvalue weighted by molar-refractivity contribution is 6.36. The van der Waals surface area contributed by atoms with Crippen molar-refractivity contribution < 1.29 is 23.9 Å².